The van der Waals surface area contributed by atoms with E-state index in [2.05, 4.69) is 9.73 Å². The maximum atomic E-state index is 12.0. The summed E-state index contributed by atoms with van der Waals surface area (Å²) < 4.78 is 24.5. The monoisotopic (exact) mass is 275 g/mol. The summed E-state index contributed by atoms with van der Waals surface area (Å²) >= 11 is 1.30. The van der Waals surface area contributed by atoms with Crippen LogP contribution in [-0.4, -0.2) is 51.6 Å². The number of hydrogen-bond donors (Lipinski definition) is 1. The van der Waals surface area contributed by atoms with Crippen molar-refractivity contribution in [3.8, 4) is 0 Å². The molecule has 0 atom stereocenters. The van der Waals surface area contributed by atoms with Gasteiger partial charge in [0.1, 0.15) is 4.21 Å². The van der Waals surface area contributed by atoms with E-state index < -0.39 is 10.0 Å². The van der Waals surface area contributed by atoms with Crippen LogP contribution in [0.4, 0.5) is 0 Å². The zero-order chi connectivity index (χ0) is 12.5. The zero-order valence-electron chi connectivity index (χ0n) is 10.0. The van der Waals surface area contributed by atoms with E-state index in [9.17, 15) is 8.42 Å². The van der Waals surface area contributed by atoms with Gasteiger partial charge in [0.25, 0.3) is 10.0 Å². The molecule has 7 heteroatoms. The van der Waals surface area contributed by atoms with Crippen molar-refractivity contribution < 1.29 is 8.42 Å². The Hall–Kier alpha value is -0.470. The predicted octanol–water partition coefficient (Wildman–Crippen LogP) is 0.497. The van der Waals surface area contributed by atoms with Crippen LogP contribution in [0.1, 0.15) is 4.88 Å². The molecule has 1 aromatic rings. The summed E-state index contributed by atoms with van der Waals surface area (Å²) in [6, 6.07) is 3.47. The van der Waals surface area contributed by atoms with Crippen molar-refractivity contribution in [2.45, 2.75) is 11.1 Å². The molecule has 1 saturated heterocycles. The smallest absolute Gasteiger partial charge is 0.262 e. The van der Waals surface area contributed by atoms with Crippen molar-refractivity contribution in [2.24, 2.45) is 0 Å². The quantitative estimate of drug-likeness (QED) is 0.873. The molecule has 0 saturated carbocycles. The molecule has 5 nitrogen and oxygen atoms in total. The van der Waals surface area contributed by atoms with Gasteiger partial charge in [-0.3, -0.25) is 0 Å². The van der Waals surface area contributed by atoms with Crippen molar-refractivity contribution in [1.29, 1.82) is 0 Å². The Morgan fingerprint density at radius 2 is 1.88 bits per heavy atom. The number of nitrogens with zero attached hydrogens (tertiary/aromatic N) is 2. The Morgan fingerprint density at radius 1 is 1.24 bits per heavy atom. The number of rotatable bonds is 3. The Kier molecular flexibility index (Phi) is 3.84. The van der Waals surface area contributed by atoms with Crippen molar-refractivity contribution in [3.63, 3.8) is 0 Å². The van der Waals surface area contributed by atoms with Crippen LogP contribution in [0.3, 0.4) is 0 Å². The molecule has 2 heterocycles. The van der Waals surface area contributed by atoms with Crippen LogP contribution >= 0.6 is 11.3 Å². The number of hydrogen-bond acceptors (Lipinski definition) is 5. The first kappa shape index (κ1) is 13.0. The van der Waals surface area contributed by atoms with Crippen LogP contribution < -0.4 is 4.83 Å². The number of aryl methyl sites for hydroxylation is 1. The van der Waals surface area contributed by atoms with E-state index in [0.29, 0.717) is 4.21 Å². The lowest BCUT2D eigenvalue weighted by Crippen LogP contribution is -2.52. The first-order valence-corrected chi connectivity index (χ1v) is 7.80. The number of piperazine rings is 1. The van der Waals surface area contributed by atoms with Crippen LogP contribution in [0, 0.1) is 6.92 Å². The van der Waals surface area contributed by atoms with E-state index in [1.807, 2.05) is 20.0 Å². The molecular formula is C10H17N3O2S2. The zero-order valence-corrected chi connectivity index (χ0v) is 11.6. The van der Waals surface area contributed by atoms with E-state index in [1.165, 1.54) is 11.3 Å². The Balaban J connectivity index is 2.03. The highest BCUT2D eigenvalue weighted by Gasteiger charge is 2.22. The minimum absolute atomic E-state index is 0.383. The molecule has 0 spiro atoms. The van der Waals surface area contributed by atoms with Gasteiger partial charge in [0.2, 0.25) is 0 Å². The molecule has 0 unspecified atom stereocenters. The fourth-order valence-electron chi connectivity index (χ4n) is 1.67. The number of nitrogens with one attached hydrogen (secondary N) is 1. The molecule has 1 fully saturated rings. The molecule has 0 bridgehead atoms. The van der Waals surface area contributed by atoms with Gasteiger partial charge < -0.3 is 4.90 Å². The molecule has 1 aliphatic heterocycles. The van der Waals surface area contributed by atoms with Gasteiger partial charge in [0.05, 0.1) is 0 Å². The lowest BCUT2D eigenvalue weighted by Gasteiger charge is -2.31. The fourth-order valence-corrected chi connectivity index (χ4v) is 4.06. The molecule has 0 aliphatic carbocycles. The molecule has 17 heavy (non-hydrogen) atoms. The molecule has 1 aromatic heterocycles. The third-order valence-electron chi connectivity index (χ3n) is 2.73. The number of likely N-dealkylation sites (N-methyl/N-ethyl adjacent to an activating group) is 1. The summed E-state index contributed by atoms with van der Waals surface area (Å²) in [7, 11) is -1.34. The standard InChI is InChI=1S/C10H17N3O2S2/c1-9-3-4-10(16-9)17(14,15)11-13-7-5-12(2)6-8-13/h3-4,11H,5-8H2,1-2H3. The maximum absolute atomic E-state index is 12.0. The van der Waals surface area contributed by atoms with Crippen molar-refractivity contribution >= 4 is 21.4 Å². The first-order valence-electron chi connectivity index (χ1n) is 5.50. The number of sulfonamides is 1. The SMILES string of the molecule is Cc1ccc(S(=O)(=O)NN2CCN(C)CC2)s1. The average Bonchev–Trinajstić information content (AvgIpc) is 2.69. The number of thiophene rings is 1. The molecule has 1 N–H and O–H groups in total. The van der Waals surface area contributed by atoms with Gasteiger partial charge in [-0.05, 0) is 26.1 Å². The van der Waals surface area contributed by atoms with E-state index in [0.717, 1.165) is 31.1 Å². The lowest BCUT2D eigenvalue weighted by molar-refractivity contribution is 0.135. The second kappa shape index (κ2) is 5.03. The molecule has 1 aliphatic rings. The Bertz CT molecular complexity index is 475. The average molecular weight is 275 g/mol. The van der Waals surface area contributed by atoms with Crippen molar-refractivity contribution in [2.75, 3.05) is 33.2 Å². The van der Waals surface area contributed by atoms with E-state index in [-0.39, 0.29) is 0 Å². The predicted molar refractivity (Wildman–Crippen MR) is 68.4 cm³/mol. The van der Waals surface area contributed by atoms with E-state index in [1.54, 1.807) is 11.1 Å². The normalized spacial score (nSPS) is 19.6. The van der Waals surface area contributed by atoms with Gasteiger partial charge in [0.15, 0.2) is 0 Å². The molecule has 0 radical (unpaired) electrons. The van der Waals surface area contributed by atoms with E-state index in [4.69, 9.17) is 0 Å². The second-order valence-corrected chi connectivity index (χ2v) is 7.43. The van der Waals surface area contributed by atoms with Gasteiger partial charge in [-0.25, -0.2) is 13.4 Å². The Morgan fingerprint density at radius 3 is 2.41 bits per heavy atom. The van der Waals surface area contributed by atoms with Crippen molar-refractivity contribution in [1.82, 2.24) is 14.7 Å². The summed E-state index contributed by atoms with van der Waals surface area (Å²) in [6.45, 7) is 5.11. The lowest BCUT2D eigenvalue weighted by atomic mass is 10.4. The van der Waals surface area contributed by atoms with Crippen LogP contribution in [0.15, 0.2) is 16.3 Å². The summed E-state index contributed by atoms with van der Waals surface area (Å²) in [5, 5.41) is 1.77. The van der Waals surface area contributed by atoms with Gasteiger partial charge in [-0.2, -0.15) is 0 Å². The second-order valence-electron chi connectivity index (χ2n) is 4.25. The molecular weight excluding hydrogens is 258 g/mol. The Labute approximate surface area is 106 Å². The van der Waals surface area contributed by atoms with Crippen LogP contribution in [-0.2, 0) is 10.0 Å². The summed E-state index contributed by atoms with van der Waals surface area (Å²) in [5.41, 5.74) is 0. The van der Waals surface area contributed by atoms with E-state index >= 15 is 0 Å². The highest BCUT2D eigenvalue weighted by Crippen LogP contribution is 2.20. The molecule has 96 valence electrons. The van der Waals surface area contributed by atoms with Gasteiger partial charge in [-0.1, -0.05) is 0 Å². The topological polar surface area (TPSA) is 52.7 Å². The van der Waals surface area contributed by atoms with Crippen molar-refractivity contribution in [3.05, 3.63) is 17.0 Å². The first-order chi connectivity index (χ1) is 7.97. The van der Waals surface area contributed by atoms with Gasteiger partial charge in [-0.15, -0.1) is 16.2 Å². The van der Waals surface area contributed by atoms with Crippen LogP contribution in [0.2, 0.25) is 0 Å². The largest absolute Gasteiger partial charge is 0.304 e. The highest BCUT2D eigenvalue weighted by molar-refractivity contribution is 7.91. The highest BCUT2D eigenvalue weighted by atomic mass is 32.2. The van der Waals surface area contributed by atoms with Gasteiger partial charge >= 0.3 is 0 Å². The van der Waals surface area contributed by atoms with Crippen LogP contribution in [0.25, 0.3) is 0 Å². The number of hydrazine groups is 1. The maximum Gasteiger partial charge on any atom is 0.262 e. The fraction of sp³-hybridized carbons (Fsp3) is 0.600. The summed E-state index contributed by atoms with van der Waals surface area (Å²) in [4.78, 5) is 5.82. The third-order valence-corrected chi connectivity index (χ3v) is 5.60. The minimum atomic E-state index is -3.38. The third kappa shape index (κ3) is 3.26. The minimum Gasteiger partial charge on any atom is -0.304 e. The summed E-state index contributed by atoms with van der Waals surface area (Å²) in [6.07, 6.45) is 0. The van der Waals surface area contributed by atoms with Crippen LogP contribution in [0.5, 0.6) is 0 Å². The molecule has 0 amide bonds. The van der Waals surface area contributed by atoms with Gasteiger partial charge in [0, 0.05) is 31.1 Å². The molecule has 2 rings (SSSR count). The molecule has 0 aromatic carbocycles. The summed E-state index contributed by atoms with van der Waals surface area (Å²) in [5.74, 6) is 0.